The molecule has 2 aromatic carbocycles. The van der Waals surface area contributed by atoms with Crippen LogP contribution in [-0.2, 0) is 32.7 Å². The van der Waals surface area contributed by atoms with Crippen molar-refractivity contribution < 1.29 is 55.4 Å². The van der Waals surface area contributed by atoms with E-state index in [1.807, 2.05) is 0 Å². The summed E-state index contributed by atoms with van der Waals surface area (Å²) in [6.07, 6.45) is 4.23. The van der Waals surface area contributed by atoms with Gasteiger partial charge in [-0.25, -0.2) is 18.0 Å². The first-order valence-electron chi connectivity index (χ1n) is 8.32. The molecule has 0 heterocycles. The Hall–Kier alpha value is -1.20. The summed E-state index contributed by atoms with van der Waals surface area (Å²) in [5, 5.41) is 0. The fourth-order valence-corrected chi connectivity index (χ4v) is 3.24. The predicted octanol–water partition coefficient (Wildman–Crippen LogP) is 5.41. The van der Waals surface area contributed by atoms with E-state index in [1.54, 1.807) is 12.1 Å². The summed E-state index contributed by atoms with van der Waals surface area (Å²) >= 11 is 0. The summed E-state index contributed by atoms with van der Waals surface area (Å²) < 4.78 is 45.4. The Morgan fingerprint density at radius 2 is 1.65 bits per heavy atom. The Labute approximate surface area is 176 Å². The van der Waals surface area contributed by atoms with E-state index in [4.69, 9.17) is 4.74 Å². The predicted molar refractivity (Wildman–Crippen MR) is 86.9 cm³/mol. The molecule has 1 aliphatic rings. The second kappa shape index (κ2) is 9.14. The Morgan fingerprint density at radius 1 is 1.04 bits per heavy atom. The van der Waals surface area contributed by atoms with Gasteiger partial charge in [0.15, 0.2) is 0 Å². The minimum absolute atomic E-state index is 0. The number of carbonyl (C=O) groups excluding carboxylic acids is 1. The van der Waals surface area contributed by atoms with Crippen LogP contribution in [0.2, 0.25) is 0 Å². The van der Waals surface area contributed by atoms with Crippen LogP contribution < -0.4 is 4.74 Å². The molecule has 0 aromatic heterocycles. The molecule has 1 saturated carbocycles. The van der Waals surface area contributed by atoms with Gasteiger partial charge < -0.3 is 4.74 Å². The van der Waals surface area contributed by atoms with E-state index in [2.05, 4.69) is 6.92 Å². The van der Waals surface area contributed by atoms with Gasteiger partial charge in [0, 0.05) is 50.1 Å². The van der Waals surface area contributed by atoms with E-state index in [-0.39, 0.29) is 44.0 Å². The zero-order valence-electron chi connectivity index (χ0n) is 14.4. The van der Waals surface area contributed by atoms with E-state index >= 15 is 0 Å². The van der Waals surface area contributed by atoms with Gasteiger partial charge in [0.25, 0.3) is 0 Å². The van der Waals surface area contributed by atoms with Crippen LogP contribution in [0, 0.1) is 29.4 Å². The molecule has 1 aliphatic carbocycles. The SMILES string of the molecule is CC1CCC(c2ccc(C(=O)Oc3cc(F)[c-]c(F)c3)c(F)c2)CC1.[Y]. The number of carbonyl (C=O) groups is 1. The van der Waals surface area contributed by atoms with Crippen LogP contribution >= 0.6 is 0 Å². The van der Waals surface area contributed by atoms with Crippen LogP contribution in [0.15, 0.2) is 30.3 Å². The van der Waals surface area contributed by atoms with Crippen LogP contribution in [0.1, 0.15) is 54.4 Å². The Bertz CT molecular complexity index is 766. The Kier molecular flexibility index (Phi) is 7.42. The van der Waals surface area contributed by atoms with Gasteiger partial charge in [0.1, 0.15) is 5.82 Å². The summed E-state index contributed by atoms with van der Waals surface area (Å²) in [5.74, 6) is -3.02. The average Bonchev–Trinajstić information content (AvgIpc) is 2.54. The smallest absolute Gasteiger partial charge is 0.344 e. The van der Waals surface area contributed by atoms with Crippen LogP contribution in [0.4, 0.5) is 13.2 Å². The molecule has 0 spiro atoms. The Balaban J connectivity index is 0.00000243. The van der Waals surface area contributed by atoms with Crippen LogP contribution in [-0.4, -0.2) is 5.97 Å². The zero-order valence-corrected chi connectivity index (χ0v) is 17.2. The molecule has 0 aliphatic heterocycles. The maximum atomic E-state index is 14.3. The third-order valence-electron chi connectivity index (χ3n) is 4.69. The summed E-state index contributed by atoms with van der Waals surface area (Å²) in [6, 6.07) is 7.86. The normalized spacial score (nSPS) is 19.5. The summed E-state index contributed by atoms with van der Waals surface area (Å²) in [6.45, 7) is 2.21. The Morgan fingerprint density at radius 3 is 2.23 bits per heavy atom. The van der Waals surface area contributed by atoms with Crippen molar-refractivity contribution in [2.45, 2.75) is 38.5 Å². The van der Waals surface area contributed by atoms with Gasteiger partial charge in [-0.2, -0.15) is 0 Å². The first-order valence-corrected chi connectivity index (χ1v) is 8.32. The summed E-state index contributed by atoms with van der Waals surface area (Å²) in [7, 11) is 0. The quantitative estimate of drug-likeness (QED) is 0.365. The van der Waals surface area contributed by atoms with Crippen molar-refractivity contribution in [1.82, 2.24) is 0 Å². The second-order valence-corrected chi connectivity index (χ2v) is 6.60. The molecular formula is C20H18F3O2Y-. The summed E-state index contributed by atoms with van der Waals surface area (Å²) in [4.78, 5) is 12.1. The van der Waals surface area contributed by atoms with E-state index in [1.165, 1.54) is 12.1 Å². The fourth-order valence-electron chi connectivity index (χ4n) is 3.24. The van der Waals surface area contributed by atoms with Crippen molar-refractivity contribution in [2.75, 3.05) is 0 Å². The van der Waals surface area contributed by atoms with Gasteiger partial charge in [-0.1, -0.05) is 38.0 Å². The third-order valence-corrected chi connectivity index (χ3v) is 4.69. The van der Waals surface area contributed by atoms with E-state index in [0.29, 0.717) is 11.8 Å². The second-order valence-electron chi connectivity index (χ2n) is 6.60. The number of hydrogen-bond donors (Lipinski definition) is 0. The van der Waals surface area contributed by atoms with Crippen molar-refractivity contribution in [3.05, 3.63) is 65.0 Å². The third kappa shape index (κ3) is 5.17. The van der Waals surface area contributed by atoms with Crippen LogP contribution in [0.25, 0.3) is 0 Å². The van der Waals surface area contributed by atoms with E-state index in [9.17, 15) is 18.0 Å². The van der Waals surface area contributed by atoms with Gasteiger partial charge >= 0.3 is 5.97 Å². The van der Waals surface area contributed by atoms with Crippen LogP contribution in [0.5, 0.6) is 5.75 Å². The number of benzene rings is 2. The minimum Gasteiger partial charge on any atom is -0.449 e. The fraction of sp³-hybridized carbons (Fsp3) is 0.350. The number of halogens is 3. The van der Waals surface area contributed by atoms with Gasteiger partial charge in [0.2, 0.25) is 0 Å². The standard InChI is InChI=1S/C20H18F3O2.Y/c1-12-2-4-13(5-3-12)14-6-7-18(19(23)8-14)20(24)25-17-10-15(21)9-16(22)11-17;/h6-8,10-13H,2-5H2,1H3;/q-1;. The monoisotopic (exact) mass is 436 g/mol. The molecule has 2 nitrogen and oxygen atoms in total. The van der Waals surface area contributed by atoms with Crippen LogP contribution in [0.3, 0.4) is 0 Å². The van der Waals surface area contributed by atoms with Gasteiger partial charge in [-0.05, 0) is 42.4 Å². The molecule has 135 valence electrons. The first-order chi connectivity index (χ1) is 11.9. The van der Waals surface area contributed by atoms with Crippen molar-refractivity contribution in [1.29, 1.82) is 0 Å². The van der Waals surface area contributed by atoms with Crippen molar-refractivity contribution in [2.24, 2.45) is 5.92 Å². The van der Waals surface area contributed by atoms with Crippen molar-refractivity contribution >= 4 is 5.97 Å². The number of hydrogen-bond acceptors (Lipinski definition) is 2. The molecule has 1 radical (unpaired) electrons. The van der Waals surface area contributed by atoms with Crippen molar-refractivity contribution in [3.63, 3.8) is 0 Å². The molecule has 1 fully saturated rings. The van der Waals surface area contributed by atoms with Crippen molar-refractivity contribution in [3.8, 4) is 5.75 Å². The molecule has 0 atom stereocenters. The first kappa shape index (κ1) is 21.1. The molecule has 0 saturated heterocycles. The molecule has 3 rings (SSSR count). The topological polar surface area (TPSA) is 26.3 Å². The maximum absolute atomic E-state index is 14.3. The molecule has 26 heavy (non-hydrogen) atoms. The van der Waals surface area contributed by atoms with Gasteiger partial charge in [-0.3, -0.25) is 0 Å². The van der Waals surface area contributed by atoms with E-state index in [0.717, 1.165) is 43.4 Å². The number of rotatable bonds is 3. The average molecular weight is 436 g/mol. The largest absolute Gasteiger partial charge is 0.449 e. The number of esters is 1. The van der Waals surface area contributed by atoms with Gasteiger partial charge in [-0.15, -0.1) is 6.07 Å². The minimum atomic E-state index is -0.995. The molecule has 6 heteroatoms. The molecule has 0 amide bonds. The molecule has 0 unspecified atom stereocenters. The van der Waals surface area contributed by atoms with E-state index < -0.39 is 23.4 Å². The molecular weight excluding hydrogens is 418 g/mol. The molecule has 2 aromatic rings. The molecule has 0 bridgehead atoms. The summed E-state index contributed by atoms with van der Waals surface area (Å²) in [5.41, 5.74) is 0.605. The number of ether oxygens (including phenoxy) is 1. The zero-order chi connectivity index (χ0) is 18.0. The van der Waals surface area contributed by atoms with Gasteiger partial charge in [0.05, 0.1) is 5.56 Å². The maximum Gasteiger partial charge on any atom is 0.344 e. The molecule has 0 N–H and O–H groups in total.